The minimum Gasteiger partial charge on any atom is -0.480 e. The van der Waals surface area contributed by atoms with Crippen molar-refractivity contribution in [1.82, 2.24) is 14.7 Å². The molecule has 1 heterocycles. The van der Waals surface area contributed by atoms with Crippen LogP contribution >= 0.6 is 11.8 Å². The number of thioether (sulfide) groups is 1. The number of hydrogen-bond donors (Lipinski definition) is 1. The second-order valence-corrected chi connectivity index (χ2v) is 6.35. The number of nitrogens with zero attached hydrogens (tertiary/aromatic N) is 3. The summed E-state index contributed by atoms with van der Waals surface area (Å²) >= 11 is 1.59. The van der Waals surface area contributed by atoms with Crippen LogP contribution in [0.3, 0.4) is 0 Å². The molecule has 0 spiro atoms. The zero-order valence-corrected chi connectivity index (χ0v) is 13.4. The number of carboxylic acid groups (broad SMARTS) is 1. The molecular weight excluding hydrogens is 278 g/mol. The summed E-state index contributed by atoms with van der Waals surface area (Å²) in [5, 5.41) is 9.25. The van der Waals surface area contributed by atoms with E-state index < -0.39 is 12.0 Å². The number of urea groups is 1. The van der Waals surface area contributed by atoms with Gasteiger partial charge in [-0.2, -0.15) is 11.8 Å². The minimum atomic E-state index is -0.908. The van der Waals surface area contributed by atoms with Crippen LogP contribution in [-0.4, -0.2) is 89.6 Å². The van der Waals surface area contributed by atoms with Crippen molar-refractivity contribution in [3.05, 3.63) is 0 Å². The Kier molecular flexibility index (Phi) is 7.15. The Morgan fingerprint density at radius 3 is 2.55 bits per heavy atom. The number of carbonyl (C=O) groups excluding carboxylic acids is 1. The molecule has 0 aromatic heterocycles. The van der Waals surface area contributed by atoms with Gasteiger partial charge in [0.25, 0.3) is 0 Å². The Morgan fingerprint density at radius 1 is 1.30 bits per heavy atom. The Hall–Kier alpha value is -0.950. The van der Waals surface area contributed by atoms with Crippen LogP contribution in [0, 0.1) is 0 Å². The molecule has 2 amide bonds. The standard InChI is InChI=1S/C13H25N3O3S/c1-4-5-15(7-6-14(2)3)13(19)16-8-9-20-10-11(16)12(17)18/h11H,4-10H2,1-3H3,(H,17,18). The molecule has 1 N–H and O–H groups in total. The third-order valence-electron chi connectivity index (χ3n) is 3.24. The number of likely N-dealkylation sites (N-methyl/N-ethyl adjacent to an activating group) is 1. The van der Waals surface area contributed by atoms with Gasteiger partial charge in [0.2, 0.25) is 0 Å². The first-order valence-electron chi connectivity index (χ1n) is 6.98. The van der Waals surface area contributed by atoms with Gasteiger partial charge in [-0.05, 0) is 20.5 Å². The molecule has 6 nitrogen and oxygen atoms in total. The summed E-state index contributed by atoms with van der Waals surface area (Å²) in [7, 11) is 3.93. The number of amides is 2. The van der Waals surface area contributed by atoms with Crippen molar-refractivity contribution in [2.45, 2.75) is 19.4 Å². The first-order chi connectivity index (χ1) is 9.47. The monoisotopic (exact) mass is 303 g/mol. The van der Waals surface area contributed by atoms with Crippen LogP contribution in [0.2, 0.25) is 0 Å². The number of hydrogen-bond acceptors (Lipinski definition) is 4. The van der Waals surface area contributed by atoms with Crippen LogP contribution in [0.5, 0.6) is 0 Å². The average Bonchev–Trinajstić information content (AvgIpc) is 2.42. The summed E-state index contributed by atoms with van der Waals surface area (Å²) in [5.41, 5.74) is 0. The fourth-order valence-electron chi connectivity index (χ4n) is 2.11. The maximum absolute atomic E-state index is 12.6. The fraction of sp³-hybridized carbons (Fsp3) is 0.846. The predicted molar refractivity (Wildman–Crippen MR) is 81.3 cm³/mol. The Morgan fingerprint density at radius 2 is 2.00 bits per heavy atom. The van der Waals surface area contributed by atoms with Crippen LogP contribution in [0.15, 0.2) is 0 Å². The van der Waals surface area contributed by atoms with E-state index in [0.717, 1.165) is 18.7 Å². The normalized spacial score (nSPS) is 19.2. The summed E-state index contributed by atoms with van der Waals surface area (Å²) < 4.78 is 0. The van der Waals surface area contributed by atoms with Gasteiger partial charge < -0.3 is 19.8 Å². The molecule has 0 aliphatic carbocycles. The van der Waals surface area contributed by atoms with Crippen molar-refractivity contribution in [2.75, 3.05) is 51.8 Å². The molecule has 0 saturated carbocycles. The number of rotatable bonds is 6. The highest BCUT2D eigenvalue weighted by Crippen LogP contribution is 2.18. The lowest BCUT2D eigenvalue weighted by molar-refractivity contribution is -0.141. The fourth-order valence-corrected chi connectivity index (χ4v) is 3.15. The summed E-state index contributed by atoms with van der Waals surface area (Å²) in [5.74, 6) is 0.382. The van der Waals surface area contributed by atoms with Crippen LogP contribution in [0.1, 0.15) is 13.3 Å². The first kappa shape index (κ1) is 17.1. The number of carboxylic acids is 1. The molecule has 0 bridgehead atoms. The summed E-state index contributed by atoms with van der Waals surface area (Å²) in [4.78, 5) is 29.2. The Balaban J connectivity index is 2.72. The molecule has 1 aliphatic rings. The zero-order valence-electron chi connectivity index (χ0n) is 12.5. The van der Waals surface area contributed by atoms with E-state index in [2.05, 4.69) is 0 Å². The molecule has 1 saturated heterocycles. The molecule has 1 rings (SSSR count). The molecule has 1 atom stereocenters. The minimum absolute atomic E-state index is 0.138. The van der Waals surface area contributed by atoms with Gasteiger partial charge in [0, 0.05) is 37.7 Å². The topological polar surface area (TPSA) is 64.1 Å². The van der Waals surface area contributed by atoms with Crippen molar-refractivity contribution < 1.29 is 14.7 Å². The second kappa shape index (κ2) is 8.36. The van der Waals surface area contributed by atoms with Gasteiger partial charge in [0.15, 0.2) is 0 Å². The molecule has 1 aliphatic heterocycles. The molecule has 1 unspecified atom stereocenters. The van der Waals surface area contributed by atoms with E-state index in [9.17, 15) is 14.7 Å². The van der Waals surface area contributed by atoms with Crippen molar-refractivity contribution in [2.24, 2.45) is 0 Å². The molecule has 1 fully saturated rings. The molecule has 116 valence electrons. The lowest BCUT2D eigenvalue weighted by atomic mass is 10.2. The predicted octanol–water partition coefficient (Wildman–Crippen LogP) is 0.882. The Bertz CT molecular complexity index is 339. The van der Waals surface area contributed by atoms with Crippen LogP contribution < -0.4 is 0 Å². The van der Waals surface area contributed by atoms with E-state index in [1.165, 1.54) is 4.90 Å². The summed E-state index contributed by atoms with van der Waals surface area (Å²) in [6.07, 6.45) is 0.875. The molecule has 0 aromatic carbocycles. The molecule has 7 heteroatoms. The van der Waals surface area contributed by atoms with Gasteiger partial charge >= 0.3 is 12.0 Å². The first-order valence-corrected chi connectivity index (χ1v) is 8.13. The van der Waals surface area contributed by atoms with Gasteiger partial charge in [-0.15, -0.1) is 0 Å². The highest BCUT2D eigenvalue weighted by molar-refractivity contribution is 7.99. The van der Waals surface area contributed by atoms with Gasteiger partial charge in [-0.1, -0.05) is 6.92 Å². The van der Waals surface area contributed by atoms with E-state index in [-0.39, 0.29) is 6.03 Å². The van der Waals surface area contributed by atoms with Gasteiger partial charge in [0.05, 0.1) is 0 Å². The van der Waals surface area contributed by atoms with Crippen molar-refractivity contribution in [3.63, 3.8) is 0 Å². The average molecular weight is 303 g/mol. The highest BCUT2D eigenvalue weighted by atomic mass is 32.2. The van der Waals surface area contributed by atoms with Crippen LogP contribution in [-0.2, 0) is 4.79 Å². The van der Waals surface area contributed by atoms with Gasteiger partial charge in [-0.3, -0.25) is 0 Å². The molecular formula is C13H25N3O3S. The van der Waals surface area contributed by atoms with E-state index in [4.69, 9.17) is 0 Å². The second-order valence-electron chi connectivity index (χ2n) is 5.20. The van der Waals surface area contributed by atoms with Crippen LogP contribution in [0.25, 0.3) is 0 Å². The molecule has 20 heavy (non-hydrogen) atoms. The maximum atomic E-state index is 12.6. The number of aliphatic carboxylic acids is 1. The van der Waals surface area contributed by atoms with Crippen LogP contribution in [0.4, 0.5) is 4.79 Å². The summed E-state index contributed by atoms with van der Waals surface area (Å²) in [6.45, 7) is 4.63. The van der Waals surface area contributed by atoms with E-state index >= 15 is 0 Å². The quantitative estimate of drug-likeness (QED) is 0.789. The van der Waals surface area contributed by atoms with Crippen molar-refractivity contribution >= 4 is 23.8 Å². The highest BCUT2D eigenvalue weighted by Gasteiger charge is 2.34. The van der Waals surface area contributed by atoms with E-state index in [1.807, 2.05) is 25.9 Å². The van der Waals surface area contributed by atoms with E-state index in [0.29, 0.717) is 25.4 Å². The van der Waals surface area contributed by atoms with Gasteiger partial charge in [0.1, 0.15) is 6.04 Å². The van der Waals surface area contributed by atoms with E-state index in [1.54, 1.807) is 16.7 Å². The largest absolute Gasteiger partial charge is 0.480 e. The summed E-state index contributed by atoms with van der Waals surface area (Å²) in [6, 6.07) is -0.832. The third kappa shape index (κ3) is 4.86. The molecule has 0 aromatic rings. The molecule has 0 radical (unpaired) electrons. The SMILES string of the molecule is CCCN(CCN(C)C)C(=O)N1CCSCC1C(=O)O. The lowest BCUT2D eigenvalue weighted by Gasteiger charge is -2.37. The van der Waals surface area contributed by atoms with Crippen molar-refractivity contribution in [1.29, 1.82) is 0 Å². The Labute approximate surface area is 125 Å². The number of carbonyl (C=O) groups is 2. The zero-order chi connectivity index (χ0) is 15.1. The van der Waals surface area contributed by atoms with Crippen molar-refractivity contribution in [3.8, 4) is 0 Å². The maximum Gasteiger partial charge on any atom is 0.327 e. The lowest BCUT2D eigenvalue weighted by Crippen LogP contribution is -2.55. The smallest absolute Gasteiger partial charge is 0.327 e. The van der Waals surface area contributed by atoms with Gasteiger partial charge in [-0.25, -0.2) is 9.59 Å². The third-order valence-corrected chi connectivity index (χ3v) is 4.26.